The van der Waals surface area contributed by atoms with Crippen molar-refractivity contribution in [3.63, 3.8) is 0 Å². The molecule has 0 saturated carbocycles. The fourth-order valence-electron chi connectivity index (χ4n) is 5.81. The van der Waals surface area contributed by atoms with Gasteiger partial charge in [0.1, 0.15) is 6.61 Å². The number of rotatable bonds is 39. The van der Waals surface area contributed by atoms with Gasteiger partial charge in [-0.1, -0.05) is 161 Å². The molecule has 0 amide bonds. The highest BCUT2D eigenvalue weighted by molar-refractivity contribution is 7.47. The Morgan fingerprint density at radius 1 is 0.580 bits per heavy atom. The monoisotopic (exact) mass is 732 g/mol. The van der Waals surface area contributed by atoms with Crippen molar-refractivity contribution in [1.82, 2.24) is 0 Å². The summed E-state index contributed by atoms with van der Waals surface area (Å²) in [5.74, 6) is -0.825. The smallest absolute Gasteiger partial charge is 0.462 e. The van der Waals surface area contributed by atoms with Crippen LogP contribution >= 0.6 is 7.82 Å². The second-order valence-corrected chi connectivity index (χ2v) is 15.3. The van der Waals surface area contributed by atoms with E-state index in [0.717, 1.165) is 32.1 Å². The summed E-state index contributed by atoms with van der Waals surface area (Å²) < 4.78 is 32.7. The molecule has 0 heterocycles. The van der Waals surface area contributed by atoms with Crippen molar-refractivity contribution in [2.24, 2.45) is 5.73 Å². The number of hydrogen-bond acceptors (Lipinski definition) is 8. The van der Waals surface area contributed by atoms with Gasteiger partial charge in [-0.3, -0.25) is 18.6 Å². The Labute approximate surface area is 307 Å². The van der Waals surface area contributed by atoms with Crippen LogP contribution in [-0.4, -0.2) is 49.3 Å². The summed E-state index contributed by atoms with van der Waals surface area (Å²) in [4.78, 5) is 34.7. The molecule has 0 aliphatic rings. The highest BCUT2D eigenvalue weighted by atomic mass is 31.2. The molecule has 9 nitrogen and oxygen atoms in total. The Balaban J connectivity index is 4.08. The van der Waals surface area contributed by atoms with Gasteiger partial charge in [0.05, 0.1) is 13.2 Å². The Kier molecular flexibility index (Phi) is 36.6. The van der Waals surface area contributed by atoms with E-state index in [2.05, 4.69) is 26.0 Å². The summed E-state index contributed by atoms with van der Waals surface area (Å²) in [7, 11) is -4.36. The van der Waals surface area contributed by atoms with Crippen molar-refractivity contribution in [2.45, 2.75) is 206 Å². The van der Waals surface area contributed by atoms with Gasteiger partial charge < -0.3 is 20.1 Å². The first-order valence-electron chi connectivity index (χ1n) is 20.7. The van der Waals surface area contributed by atoms with E-state index < -0.39 is 26.5 Å². The molecule has 1 unspecified atom stereocenters. The van der Waals surface area contributed by atoms with Crippen molar-refractivity contribution in [3.05, 3.63) is 12.2 Å². The molecule has 0 aromatic carbocycles. The van der Waals surface area contributed by atoms with Gasteiger partial charge in [0.2, 0.25) is 0 Å². The van der Waals surface area contributed by atoms with E-state index in [1.54, 1.807) is 0 Å². The molecule has 10 heteroatoms. The van der Waals surface area contributed by atoms with Crippen molar-refractivity contribution in [3.8, 4) is 0 Å². The molecule has 0 saturated heterocycles. The minimum absolute atomic E-state index is 0.0558. The first-order chi connectivity index (χ1) is 24.3. The zero-order valence-electron chi connectivity index (χ0n) is 32.4. The van der Waals surface area contributed by atoms with Crippen LogP contribution in [0.15, 0.2) is 12.2 Å². The van der Waals surface area contributed by atoms with E-state index in [1.165, 1.54) is 135 Å². The van der Waals surface area contributed by atoms with Gasteiger partial charge in [0.15, 0.2) is 6.10 Å². The number of hydrogen-bond donors (Lipinski definition) is 2. The molecule has 0 bridgehead atoms. The second kappa shape index (κ2) is 37.5. The van der Waals surface area contributed by atoms with Gasteiger partial charge in [-0.25, -0.2) is 4.57 Å². The number of ether oxygens (including phenoxy) is 2. The van der Waals surface area contributed by atoms with E-state index in [9.17, 15) is 19.0 Å². The van der Waals surface area contributed by atoms with Crippen molar-refractivity contribution in [2.75, 3.05) is 26.4 Å². The summed E-state index contributed by atoms with van der Waals surface area (Å²) in [6.07, 6.45) is 36.7. The number of phosphoric ester groups is 1. The molecule has 0 aromatic heterocycles. The third-order valence-corrected chi connectivity index (χ3v) is 9.89. The number of allylic oxidation sites excluding steroid dienone is 2. The fraction of sp³-hybridized carbons (Fsp3) is 0.900. The van der Waals surface area contributed by atoms with Gasteiger partial charge in [-0.15, -0.1) is 0 Å². The number of esters is 2. The summed E-state index contributed by atoms with van der Waals surface area (Å²) >= 11 is 0. The molecule has 0 radical (unpaired) electrons. The number of unbranched alkanes of at least 4 members (excludes halogenated alkanes) is 24. The van der Waals surface area contributed by atoms with E-state index in [-0.39, 0.29) is 38.6 Å². The number of carbonyl (C=O) groups is 2. The highest BCUT2D eigenvalue weighted by Crippen LogP contribution is 2.43. The predicted molar refractivity (Wildman–Crippen MR) is 206 cm³/mol. The van der Waals surface area contributed by atoms with Crippen LogP contribution in [0.25, 0.3) is 0 Å². The summed E-state index contributed by atoms with van der Waals surface area (Å²) in [5, 5.41) is 0. The van der Waals surface area contributed by atoms with E-state index in [4.69, 9.17) is 24.3 Å². The van der Waals surface area contributed by atoms with Crippen LogP contribution in [0.4, 0.5) is 0 Å². The van der Waals surface area contributed by atoms with Gasteiger partial charge in [-0.2, -0.15) is 0 Å². The lowest BCUT2D eigenvalue weighted by atomic mass is 10.1. The number of carbonyl (C=O) groups excluding carboxylic acids is 2. The lowest BCUT2D eigenvalue weighted by Crippen LogP contribution is -2.29. The maximum absolute atomic E-state index is 12.5. The van der Waals surface area contributed by atoms with Crippen molar-refractivity contribution < 1.29 is 37.6 Å². The molecule has 2 atom stereocenters. The molecular weight excluding hydrogens is 653 g/mol. The molecule has 0 rings (SSSR count). The molecule has 296 valence electrons. The normalized spacial score (nSPS) is 13.4. The maximum atomic E-state index is 12.5. The van der Waals surface area contributed by atoms with Crippen LogP contribution in [-0.2, 0) is 32.7 Å². The Morgan fingerprint density at radius 2 is 0.980 bits per heavy atom. The van der Waals surface area contributed by atoms with Crippen LogP contribution in [0.1, 0.15) is 200 Å². The minimum Gasteiger partial charge on any atom is -0.462 e. The molecule has 50 heavy (non-hydrogen) atoms. The van der Waals surface area contributed by atoms with Crippen LogP contribution in [0.2, 0.25) is 0 Å². The Bertz CT molecular complexity index is 840. The molecule has 0 aliphatic heterocycles. The van der Waals surface area contributed by atoms with Crippen molar-refractivity contribution >= 4 is 19.8 Å². The number of phosphoric acid groups is 1. The van der Waals surface area contributed by atoms with Crippen LogP contribution in [0.5, 0.6) is 0 Å². The average molecular weight is 732 g/mol. The highest BCUT2D eigenvalue weighted by Gasteiger charge is 2.26. The first kappa shape index (κ1) is 48.8. The Morgan fingerprint density at radius 3 is 1.42 bits per heavy atom. The lowest BCUT2D eigenvalue weighted by molar-refractivity contribution is -0.161. The molecular formula is C40H78NO8P. The topological polar surface area (TPSA) is 134 Å². The van der Waals surface area contributed by atoms with Crippen LogP contribution in [0, 0.1) is 0 Å². The summed E-state index contributed by atoms with van der Waals surface area (Å²) in [6.45, 7) is 3.72. The quantitative estimate of drug-likeness (QED) is 0.0274. The Hall–Kier alpha value is -1.25. The summed E-state index contributed by atoms with van der Waals surface area (Å²) in [5.41, 5.74) is 5.33. The first-order valence-corrected chi connectivity index (χ1v) is 22.2. The average Bonchev–Trinajstić information content (AvgIpc) is 3.10. The SMILES string of the molecule is CCCCCCCC/C=C/CCCCCCCCCCCC(=O)OC[C@@H](COP(=O)(O)OCCN)OC(=O)CCCCCCCCCCCC. The largest absolute Gasteiger partial charge is 0.472 e. The van der Waals surface area contributed by atoms with E-state index in [1.807, 2.05) is 0 Å². The number of nitrogens with two attached hydrogens (primary N) is 1. The minimum atomic E-state index is -4.36. The van der Waals surface area contributed by atoms with Crippen LogP contribution in [0.3, 0.4) is 0 Å². The molecule has 0 aliphatic carbocycles. The van der Waals surface area contributed by atoms with E-state index in [0.29, 0.717) is 6.42 Å². The molecule has 0 spiro atoms. The fourth-order valence-corrected chi connectivity index (χ4v) is 6.57. The second-order valence-electron chi connectivity index (χ2n) is 13.9. The zero-order chi connectivity index (χ0) is 36.8. The standard InChI is InChI=1S/C40H78NO8P/c1-3-5-7-9-11-13-15-16-17-18-19-20-21-22-23-25-26-28-30-32-39(42)46-36-38(37-48-50(44,45)47-35-34-41)49-40(43)33-31-29-27-24-14-12-10-8-6-4-2/h16-17,38H,3-15,18-37,41H2,1-2H3,(H,44,45)/b17-16+/t38-/m0/s1. The summed E-state index contributed by atoms with van der Waals surface area (Å²) in [6, 6.07) is 0. The van der Waals surface area contributed by atoms with Gasteiger partial charge in [-0.05, 0) is 38.5 Å². The van der Waals surface area contributed by atoms with Crippen LogP contribution < -0.4 is 5.73 Å². The predicted octanol–water partition coefficient (Wildman–Crippen LogP) is 11.4. The van der Waals surface area contributed by atoms with Gasteiger partial charge in [0.25, 0.3) is 0 Å². The lowest BCUT2D eigenvalue weighted by Gasteiger charge is -2.19. The molecule has 3 N–H and O–H groups in total. The maximum Gasteiger partial charge on any atom is 0.472 e. The zero-order valence-corrected chi connectivity index (χ0v) is 33.3. The van der Waals surface area contributed by atoms with Gasteiger partial charge in [0, 0.05) is 19.4 Å². The van der Waals surface area contributed by atoms with E-state index >= 15 is 0 Å². The third-order valence-electron chi connectivity index (χ3n) is 8.90. The van der Waals surface area contributed by atoms with Crippen molar-refractivity contribution in [1.29, 1.82) is 0 Å². The third kappa shape index (κ3) is 36.5. The van der Waals surface area contributed by atoms with Gasteiger partial charge >= 0.3 is 19.8 Å². The molecule has 0 fully saturated rings. The molecule has 0 aromatic rings.